The van der Waals surface area contributed by atoms with Crippen molar-refractivity contribution in [3.63, 3.8) is 0 Å². The summed E-state index contributed by atoms with van der Waals surface area (Å²) < 4.78 is 68.9. The van der Waals surface area contributed by atoms with Crippen molar-refractivity contribution in [3.05, 3.63) is 41.9 Å². The molecule has 0 N–H and O–H groups in total. The lowest BCUT2D eigenvalue weighted by molar-refractivity contribution is -0.141. The maximum atomic E-state index is 12.8. The molecular formula is C14H15F3N4O3S. The molecular weight excluding hydrogens is 361 g/mol. The van der Waals surface area contributed by atoms with Crippen LogP contribution >= 0.6 is 0 Å². The largest absolute Gasteiger partial charge is 0.433 e. The van der Waals surface area contributed by atoms with Crippen LogP contribution in [0.25, 0.3) is 0 Å². The van der Waals surface area contributed by atoms with Crippen LogP contribution in [-0.2, 0) is 22.0 Å². The van der Waals surface area contributed by atoms with Gasteiger partial charge in [-0.15, -0.1) is 0 Å². The van der Waals surface area contributed by atoms with E-state index < -0.39 is 21.9 Å². The van der Waals surface area contributed by atoms with Gasteiger partial charge in [-0.2, -0.15) is 17.5 Å². The molecule has 1 aliphatic heterocycles. The van der Waals surface area contributed by atoms with Gasteiger partial charge in [-0.3, -0.25) is 0 Å². The zero-order valence-corrected chi connectivity index (χ0v) is 13.8. The van der Waals surface area contributed by atoms with Crippen LogP contribution in [0, 0.1) is 0 Å². The van der Waals surface area contributed by atoms with Crippen molar-refractivity contribution in [2.75, 3.05) is 31.1 Å². The second kappa shape index (κ2) is 6.64. The van der Waals surface area contributed by atoms with E-state index >= 15 is 0 Å². The quantitative estimate of drug-likeness (QED) is 0.809. The summed E-state index contributed by atoms with van der Waals surface area (Å²) >= 11 is 0. The number of halogens is 3. The van der Waals surface area contributed by atoms with Gasteiger partial charge in [0.05, 0.1) is 5.69 Å². The molecule has 0 aromatic carbocycles. The summed E-state index contributed by atoms with van der Waals surface area (Å²) in [6.07, 6.45) is -3.22. The molecule has 3 heterocycles. The average Bonchev–Trinajstić information content (AvgIpc) is 3.06. The van der Waals surface area contributed by atoms with Crippen LogP contribution in [0.5, 0.6) is 0 Å². The molecule has 136 valence electrons. The maximum absolute atomic E-state index is 12.8. The molecule has 2 aromatic heterocycles. The Morgan fingerprint density at radius 1 is 1.12 bits per heavy atom. The van der Waals surface area contributed by atoms with Crippen LogP contribution in [0.15, 0.2) is 35.1 Å². The summed E-state index contributed by atoms with van der Waals surface area (Å²) in [7, 11) is -3.56. The number of alkyl halides is 3. The molecule has 25 heavy (non-hydrogen) atoms. The zero-order chi connectivity index (χ0) is 18.1. The van der Waals surface area contributed by atoms with E-state index in [0.717, 1.165) is 6.07 Å². The lowest BCUT2D eigenvalue weighted by Gasteiger charge is -2.34. The minimum absolute atomic E-state index is 0.165. The Hall–Kier alpha value is -2.14. The van der Waals surface area contributed by atoms with E-state index in [-0.39, 0.29) is 37.7 Å². The van der Waals surface area contributed by atoms with Crippen molar-refractivity contribution in [1.29, 1.82) is 0 Å². The van der Waals surface area contributed by atoms with Gasteiger partial charge < -0.3 is 9.42 Å². The smallest absolute Gasteiger partial charge is 0.364 e. The van der Waals surface area contributed by atoms with Crippen molar-refractivity contribution < 1.29 is 26.1 Å². The van der Waals surface area contributed by atoms with Crippen LogP contribution < -0.4 is 4.90 Å². The highest BCUT2D eigenvalue weighted by Crippen LogP contribution is 2.29. The number of aromatic nitrogens is 2. The number of piperazine rings is 1. The minimum atomic E-state index is -4.52. The highest BCUT2D eigenvalue weighted by Gasteiger charge is 2.33. The molecule has 0 amide bonds. The topological polar surface area (TPSA) is 79.5 Å². The number of pyridine rings is 1. The molecule has 0 radical (unpaired) electrons. The number of rotatable bonds is 4. The predicted octanol–water partition coefficient (Wildman–Crippen LogP) is 1.74. The maximum Gasteiger partial charge on any atom is 0.433 e. The Morgan fingerprint density at radius 3 is 2.44 bits per heavy atom. The molecule has 11 heteroatoms. The molecule has 1 saturated heterocycles. The van der Waals surface area contributed by atoms with Crippen molar-refractivity contribution >= 4 is 15.8 Å². The van der Waals surface area contributed by atoms with Crippen LogP contribution in [0.3, 0.4) is 0 Å². The molecule has 0 saturated carbocycles. The Morgan fingerprint density at radius 2 is 1.84 bits per heavy atom. The second-order valence-corrected chi connectivity index (χ2v) is 7.48. The third kappa shape index (κ3) is 4.10. The standard InChI is InChI=1S/C14H15F3N4O3S/c15-14(16,17)12-2-1-3-13(18-12)20-5-7-21(8-6-20)25(22,23)10-11-4-9-24-19-11/h1-4,9H,5-8,10H2. The van der Waals surface area contributed by atoms with E-state index in [1.54, 1.807) is 4.90 Å². The second-order valence-electron chi connectivity index (χ2n) is 5.51. The summed E-state index contributed by atoms with van der Waals surface area (Å²) in [6, 6.07) is 5.15. The SMILES string of the molecule is O=S(=O)(Cc1ccon1)N1CCN(c2cccc(C(F)(F)F)n2)CC1. The fourth-order valence-corrected chi connectivity index (χ4v) is 3.97. The van der Waals surface area contributed by atoms with E-state index in [2.05, 4.69) is 14.7 Å². The number of nitrogens with zero attached hydrogens (tertiary/aromatic N) is 4. The molecule has 7 nitrogen and oxygen atoms in total. The van der Waals surface area contributed by atoms with E-state index in [1.165, 1.54) is 28.8 Å². The fraction of sp³-hybridized carbons (Fsp3) is 0.429. The van der Waals surface area contributed by atoms with Gasteiger partial charge in [0, 0.05) is 32.2 Å². The van der Waals surface area contributed by atoms with Gasteiger partial charge in [-0.25, -0.2) is 13.4 Å². The first-order valence-electron chi connectivity index (χ1n) is 7.42. The Labute approximate surface area is 142 Å². The van der Waals surface area contributed by atoms with Crippen molar-refractivity contribution in [2.24, 2.45) is 0 Å². The molecule has 0 aliphatic carbocycles. The van der Waals surface area contributed by atoms with Crippen LogP contribution in [0.1, 0.15) is 11.4 Å². The number of anilines is 1. The monoisotopic (exact) mass is 376 g/mol. The van der Waals surface area contributed by atoms with Gasteiger partial charge in [0.1, 0.15) is 23.5 Å². The molecule has 0 unspecified atom stereocenters. The normalized spacial score (nSPS) is 17.0. The summed E-state index contributed by atoms with van der Waals surface area (Å²) in [5.74, 6) is -0.0888. The minimum Gasteiger partial charge on any atom is -0.364 e. The van der Waals surface area contributed by atoms with Crippen molar-refractivity contribution in [1.82, 2.24) is 14.4 Å². The molecule has 0 spiro atoms. The summed E-state index contributed by atoms with van der Waals surface area (Å²) in [5.41, 5.74) is -0.659. The highest BCUT2D eigenvalue weighted by molar-refractivity contribution is 7.88. The summed E-state index contributed by atoms with van der Waals surface area (Å²) in [5, 5.41) is 3.58. The van der Waals surface area contributed by atoms with E-state index in [4.69, 9.17) is 0 Å². The Kier molecular flexibility index (Phi) is 4.69. The van der Waals surface area contributed by atoms with Gasteiger partial charge in [-0.05, 0) is 12.1 Å². The Bertz CT molecular complexity index is 816. The van der Waals surface area contributed by atoms with Gasteiger partial charge in [0.15, 0.2) is 0 Å². The van der Waals surface area contributed by atoms with E-state index in [9.17, 15) is 21.6 Å². The molecule has 1 fully saturated rings. The first-order chi connectivity index (χ1) is 11.8. The molecule has 0 bridgehead atoms. The molecule has 2 aromatic rings. The average molecular weight is 376 g/mol. The van der Waals surface area contributed by atoms with Crippen LogP contribution in [0.4, 0.5) is 19.0 Å². The summed E-state index contributed by atoms with van der Waals surface area (Å²) in [4.78, 5) is 5.26. The molecule has 0 atom stereocenters. The molecule has 3 rings (SSSR count). The van der Waals surface area contributed by atoms with Gasteiger partial charge in [0.2, 0.25) is 10.0 Å². The van der Waals surface area contributed by atoms with Crippen LogP contribution in [0.2, 0.25) is 0 Å². The van der Waals surface area contributed by atoms with E-state index in [0.29, 0.717) is 5.69 Å². The third-order valence-corrected chi connectivity index (χ3v) is 5.61. The van der Waals surface area contributed by atoms with E-state index in [1.807, 2.05) is 0 Å². The lowest BCUT2D eigenvalue weighted by Crippen LogP contribution is -2.49. The number of hydrogen-bond donors (Lipinski definition) is 0. The van der Waals surface area contributed by atoms with Gasteiger partial charge >= 0.3 is 6.18 Å². The number of hydrogen-bond acceptors (Lipinski definition) is 6. The van der Waals surface area contributed by atoms with Crippen molar-refractivity contribution in [3.8, 4) is 0 Å². The number of sulfonamides is 1. The van der Waals surface area contributed by atoms with Gasteiger partial charge in [-0.1, -0.05) is 11.2 Å². The fourth-order valence-electron chi connectivity index (χ4n) is 2.54. The predicted molar refractivity (Wildman–Crippen MR) is 82.2 cm³/mol. The Balaban J connectivity index is 1.66. The molecule has 1 aliphatic rings. The first-order valence-corrected chi connectivity index (χ1v) is 9.03. The highest BCUT2D eigenvalue weighted by atomic mass is 32.2. The van der Waals surface area contributed by atoms with Gasteiger partial charge in [0.25, 0.3) is 0 Å². The zero-order valence-electron chi connectivity index (χ0n) is 13.0. The lowest BCUT2D eigenvalue weighted by atomic mass is 10.3. The van der Waals surface area contributed by atoms with Crippen molar-refractivity contribution in [2.45, 2.75) is 11.9 Å². The first kappa shape index (κ1) is 17.7. The summed E-state index contributed by atoms with van der Waals surface area (Å²) in [6.45, 7) is 0.842. The van der Waals surface area contributed by atoms with Crippen LogP contribution in [-0.4, -0.2) is 49.0 Å². The third-order valence-electron chi connectivity index (χ3n) is 3.80.